The van der Waals surface area contributed by atoms with Gasteiger partial charge in [-0.05, 0) is 43.3 Å². The van der Waals surface area contributed by atoms with Crippen LogP contribution in [0.2, 0.25) is 0 Å². The van der Waals surface area contributed by atoms with E-state index >= 15 is 0 Å². The Bertz CT molecular complexity index is 966. The summed E-state index contributed by atoms with van der Waals surface area (Å²) in [5.41, 5.74) is 0.648. The van der Waals surface area contributed by atoms with Crippen molar-refractivity contribution in [2.45, 2.75) is 17.4 Å². The summed E-state index contributed by atoms with van der Waals surface area (Å²) in [5.74, 6) is 1.21. The zero-order chi connectivity index (χ0) is 17.2. The first-order valence-corrected chi connectivity index (χ1v) is 8.20. The number of aromatic nitrogens is 4. The van der Waals surface area contributed by atoms with Crippen molar-refractivity contribution in [3.63, 3.8) is 0 Å². The van der Waals surface area contributed by atoms with Crippen LogP contribution in [0.15, 0.2) is 61.1 Å². The van der Waals surface area contributed by atoms with Gasteiger partial charge in [0.1, 0.15) is 5.82 Å². The summed E-state index contributed by atoms with van der Waals surface area (Å²) >= 11 is 1.29. The molecule has 0 saturated heterocycles. The average Bonchev–Trinajstić information content (AvgIpc) is 3.36. The highest BCUT2D eigenvalue weighted by molar-refractivity contribution is 7.99. The molecule has 0 spiro atoms. The number of halogens is 1. The van der Waals surface area contributed by atoms with Crippen molar-refractivity contribution in [3.8, 4) is 23.1 Å². The minimum atomic E-state index is -0.323. The monoisotopic (exact) mass is 358 g/mol. The highest BCUT2D eigenvalue weighted by atomic mass is 32.2. The fourth-order valence-corrected chi connectivity index (χ4v) is 2.78. The number of furan rings is 1. The van der Waals surface area contributed by atoms with Gasteiger partial charge >= 0.3 is 0 Å². The van der Waals surface area contributed by atoms with Crippen LogP contribution in [0.25, 0.3) is 23.1 Å². The van der Waals surface area contributed by atoms with Crippen LogP contribution < -0.4 is 0 Å². The van der Waals surface area contributed by atoms with Gasteiger partial charge in [0.15, 0.2) is 5.76 Å². The van der Waals surface area contributed by atoms with Gasteiger partial charge in [0, 0.05) is 5.56 Å². The van der Waals surface area contributed by atoms with E-state index < -0.39 is 0 Å². The van der Waals surface area contributed by atoms with Crippen molar-refractivity contribution in [1.29, 1.82) is 0 Å². The van der Waals surface area contributed by atoms with E-state index in [1.807, 2.05) is 6.92 Å². The Morgan fingerprint density at radius 1 is 0.960 bits per heavy atom. The predicted molar refractivity (Wildman–Crippen MR) is 86.0 cm³/mol. The molecule has 4 aromatic rings. The number of rotatable bonds is 5. The Balaban J connectivity index is 1.48. The first kappa shape index (κ1) is 15.6. The van der Waals surface area contributed by atoms with E-state index in [-0.39, 0.29) is 11.1 Å². The molecule has 0 fully saturated rings. The summed E-state index contributed by atoms with van der Waals surface area (Å²) < 4.78 is 29.4. The number of hydrogen-bond donors (Lipinski definition) is 0. The van der Waals surface area contributed by atoms with Gasteiger partial charge in [-0.15, -0.1) is 20.4 Å². The van der Waals surface area contributed by atoms with Gasteiger partial charge in [-0.1, -0.05) is 11.8 Å². The Labute approximate surface area is 145 Å². The Hall–Kier alpha value is -2.94. The third-order valence-corrected chi connectivity index (χ3v) is 4.22. The van der Waals surface area contributed by atoms with Crippen LogP contribution >= 0.6 is 11.8 Å². The van der Waals surface area contributed by atoms with E-state index in [0.29, 0.717) is 34.2 Å². The van der Waals surface area contributed by atoms with Crippen molar-refractivity contribution in [1.82, 2.24) is 20.4 Å². The van der Waals surface area contributed by atoms with Crippen molar-refractivity contribution in [3.05, 3.63) is 54.4 Å². The summed E-state index contributed by atoms with van der Waals surface area (Å²) in [7, 11) is 0. The smallest absolute Gasteiger partial charge is 0.284 e. The molecule has 0 radical (unpaired) electrons. The SMILES string of the molecule is C[C@H](Sc1nnc(-c2ccco2)o1)c1nnc(-c2ccc(F)cc2)o1. The predicted octanol–water partition coefficient (Wildman–Crippen LogP) is 4.37. The van der Waals surface area contributed by atoms with Gasteiger partial charge in [0.2, 0.25) is 11.8 Å². The van der Waals surface area contributed by atoms with Gasteiger partial charge < -0.3 is 13.3 Å². The van der Waals surface area contributed by atoms with Crippen LogP contribution in [0, 0.1) is 5.82 Å². The standard InChI is InChI=1S/C16H11FN4O3S/c1-9(25-16-21-20-15(24-16)12-3-2-8-22-12)13-18-19-14(23-13)10-4-6-11(17)7-5-10/h2-9H,1H3/t9-/m0/s1. The molecule has 7 nitrogen and oxygen atoms in total. The topological polar surface area (TPSA) is 91.0 Å². The summed E-state index contributed by atoms with van der Waals surface area (Å²) in [6.07, 6.45) is 1.53. The van der Waals surface area contributed by atoms with E-state index in [2.05, 4.69) is 20.4 Å². The first-order valence-electron chi connectivity index (χ1n) is 7.32. The molecule has 0 bridgehead atoms. The van der Waals surface area contributed by atoms with Gasteiger partial charge in [-0.3, -0.25) is 0 Å². The Kier molecular flexibility index (Phi) is 4.06. The van der Waals surface area contributed by atoms with E-state index in [0.717, 1.165) is 0 Å². The summed E-state index contributed by atoms with van der Waals surface area (Å²) in [4.78, 5) is 0. The minimum Gasteiger partial charge on any atom is -0.459 e. The van der Waals surface area contributed by atoms with Crippen LogP contribution in [-0.4, -0.2) is 20.4 Å². The molecular weight excluding hydrogens is 347 g/mol. The lowest BCUT2D eigenvalue weighted by atomic mass is 10.2. The molecule has 0 amide bonds. The molecule has 3 aromatic heterocycles. The fraction of sp³-hybridized carbons (Fsp3) is 0.125. The highest BCUT2D eigenvalue weighted by Gasteiger charge is 2.20. The Morgan fingerprint density at radius 3 is 2.52 bits per heavy atom. The van der Waals surface area contributed by atoms with Crippen LogP contribution in [0.1, 0.15) is 18.1 Å². The van der Waals surface area contributed by atoms with Crippen molar-refractivity contribution < 1.29 is 17.6 Å². The fourth-order valence-electron chi connectivity index (χ4n) is 2.07. The van der Waals surface area contributed by atoms with Crippen LogP contribution in [0.4, 0.5) is 4.39 Å². The maximum atomic E-state index is 13.0. The lowest BCUT2D eigenvalue weighted by Crippen LogP contribution is -1.88. The maximum absolute atomic E-state index is 13.0. The van der Waals surface area contributed by atoms with Crippen molar-refractivity contribution in [2.75, 3.05) is 0 Å². The zero-order valence-corrected chi connectivity index (χ0v) is 13.7. The van der Waals surface area contributed by atoms with E-state index in [9.17, 15) is 4.39 Å². The minimum absolute atomic E-state index is 0.202. The zero-order valence-electron chi connectivity index (χ0n) is 12.9. The Morgan fingerprint density at radius 2 is 1.76 bits per heavy atom. The molecule has 25 heavy (non-hydrogen) atoms. The lowest BCUT2D eigenvalue weighted by Gasteiger charge is -2.01. The largest absolute Gasteiger partial charge is 0.459 e. The third kappa shape index (κ3) is 3.31. The van der Waals surface area contributed by atoms with Crippen LogP contribution in [-0.2, 0) is 0 Å². The second kappa shape index (κ2) is 6.52. The summed E-state index contributed by atoms with van der Waals surface area (Å²) in [6, 6.07) is 9.32. The van der Waals surface area contributed by atoms with Crippen LogP contribution in [0.3, 0.4) is 0 Å². The van der Waals surface area contributed by atoms with Gasteiger partial charge in [0.25, 0.3) is 11.1 Å². The molecule has 9 heteroatoms. The molecule has 0 aliphatic heterocycles. The molecule has 4 rings (SSSR count). The molecule has 1 aromatic carbocycles. The molecular formula is C16H11FN4O3S. The van der Waals surface area contributed by atoms with Crippen molar-refractivity contribution >= 4 is 11.8 Å². The quantitative estimate of drug-likeness (QED) is 0.486. The van der Waals surface area contributed by atoms with E-state index in [1.165, 1.54) is 30.2 Å². The third-order valence-electron chi connectivity index (χ3n) is 3.30. The average molecular weight is 358 g/mol. The lowest BCUT2D eigenvalue weighted by molar-refractivity contribution is 0.444. The second-order valence-electron chi connectivity index (χ2n) is 5.06. The second-order valence-corrected chi connectivity index (χ2v) is 6.35. The molecule has 0 aliphatic rings. The first-order chi connectivity index (χ1) is 12.2. The highest BCUT2D eigenvalue weighted by Crippen LogP contribution is 2.35. The van der Waals surface area contributed by atoms with E-state index in [4.69, 9.17) is 13.3 Å². The van der Waals surface area contributed by atoms with Gasteiger partial charge in [-0.25, -0.2) is 4.39 Å². The molecule has 1 atom stereocenters. The number of nitrogens with zero attached hydrogens (tertiary/aromatic N) is 4. The summed E-state index contributed by atoms with van der Waals surface area (Å²) in [6.45, 7) is 1.88. The van der Waals surface area contributed by atoms with Gasteiger partial charge in [-0.2, -0.15) is 0 Å². The molecule has 0 saturated carbocycles. The molecule has 126 valence electrons. The molecule has 0 aliphatic carbocycles. The maximum Gasteiger partial charge on any atom is 0.284 e. The number of thioether (sulfide) groups is 1. The molecule has 0 unspecified atom stereocenters. The molecule has 0 N–H and O–H groups in total. The van der Waals surface area contributed by atoms with E-state index in [1.54, 1.807) is 24.3 Å². The van der Waals surface area contributed by atoms with Crippen LogP contribution in [0.5, 0.6) is 0 Å². The normalized spacial score (nSPS) is 12.4. The summed E-state index contributed by atoms with van der Waals surface area (Å²) in [5, 5.41) is 16.1. The molecule has 3 heterocycles. The number of hydrogen-bond acceptors (Lipinski definition) is 8. The number of benzene rings is 1. The van der Waals surface area contributed by atoms with Crippen molar-refractivity contribution in [2.24, 2.45) is 0 Å². The van der Waals surface area contributed by atoms with Gasteiger partial charge in [0.05, 0.1) is 11.5 Å².